The van der Waals surface area contributed by atoms with E-state index in [0.717, 1.165) is 25.7 Å². The molecule has 0 aliphatic carbocycles. The van der Waals surface area contributed by atoms with Crippen LogP contribution >= 0.6 is 0 Å². The van der Waals surface area contributed by atoms with Gasteiger partial charge in [-0.25, -0.2) is 0 Å². The predicted molar refractivity (Wildman–Crippen MR) is 177 cm³/mol. The van der Waals surface area contributed by atoms with Gasteiger partial charge in [-0.15, -0.1) is 0 Å². The first kappa shape index (κ1) is 38.4. The van der Waals surface area contributed by atoms with Crippen molar-refractivity contribution in [2.45, 2.75) is 183 Å². The summed E-state index contributed by atoms with van der Waals surface area (Å²) in [4.78, 5) is 0. The van der Waals surface area contributed by atoms with Crippen molar-refractivity contribution < 1.29 is 43.0 Å². The summed E-state index contributed by atoms with van der Waals surface area (Å²) in [6.07, 6.45) is -0.391. The van der Waals surface area contributed by atoms with Crippen molar-refractivity contribution in [1.82, 2.24) is 0 Å². The Hall–Kier alpha value is -0.360. The highest BCUT2D eigenvalue weighted by Crippen LogP contribution is 2.43. The zero-order chi connectivity index (χ0) is 34.0. The predicted octanol–water partition coefficient (Wildman–Crippen LogP) is 6.78. The van der Waals surface area contributed by atoms with Gasteiger partial charge in [0.2, 0.25) is 0 Å². The number of rotatable bonds is 11. The number of hydrogen-bond acceptors (Lipinski definition) is 9. The van der Waals surface area contributed by atoms with E-state index < -0.39 is 43.5 Å². The number of hydrogen-bond donors (Lipinski definition) is 1. The van der Waals surface area contributed by atoms with E-state index in [2.05, 4.69) is 76.2 Å². The van der Waals surface area contributed by atoms with E-state index in [1.54, 1.807) is 7.11 Å². The highest BCUT2D eigenvalue weighted by molar-refractivity contribution is 4.93. The van der Waals surface area contributed by atoms with E-state index in [9.17, 15) is 5.11 Å². The second-order valence-electron chi connectivity index (χ2n) is 15.2. The molecule has 0 saturated carbocycles. The monoisotopic (exact) mass is 656 g/mol. The van der Waals surface area contributed by atoms with Crippen LogP contribution in [0.2, 0.25) is 0 Å². The van der Waals surface area contributed by atoms with Crippen LogP contribution in [0.4, 0.5) is 0 Å². The van der Waals surface area contributed by atoms with Crippen LogP contribution in [0, 0.1) is 47.3 Å². The van der Waals surface area contributed by atoms with Crippen LogP contribution in [0.15, 0.2) is 0 Å². The van der Waals surface area contributed by atoms with Gasteiger partial charge in [0.05, 0.1) is 30.5 Å². The summed E-state index contributed by atoms with van der Waals surface area (Å²) in [5.74, 6) is 1.12. The van der Waals surface area contributed by atoms with E-state index in [4.69, 9.17) is 37.9 Å². The topological polar surface area (TPSA) is 94.1 Å². The molecule has 0 aromatic carbocycles. The number of ether oxygens (including phenoxy) is 8. The average Bonchev–Trinajstić information content (AvgIpc) is 3.05. The maximum atomic E-state index is 11.1. The van der Waals surface area contributed by atoms with Crippen LogP contribution in [0.25, 0.3) is 0 Å². The maximum Gasteiger partial charge on any atom is 0.185 e. The minimum absolute atomic E-state index is 0.0232. The van der Waals surface area contributed by atoms with Gasteiger partial charge < -0.3 is 43.0 Å². The molecule has 0 aromatic heterocycles. The lowest BCUT2D eigenvalue weighted by atomic mass is 9.80. The van der Waals surface area contributed by atoms with Gasteiger partial charge in [-0.2, -0.15) is 0 Å². The number of methoxy groups -OCH3 is 1. The third-order valence-corrected chi connectivity index (χ3v) is 12.7. The third kappa shape index (κ3) is 7.68. The summed E-state index contributed by atoms with van der Waals surface area (Å²) in [5.41, 5.74) is 0. The van der Waals surface area contributed by atoms with Crippen molar-refractivity contribution in [2.75, 3.05) is 7.11 Å². The largest absolute Gasteiger partial charge is 0.392 e. The quantitative estimate of drug-likeness (QED) is 0.258. The lowest BCUT2D eigenvalue weighted by molar-refractivity contribution is -0.385. The van der Waals surface area contributed by atoms with E-state index in [1.165, 1.54) is 0 Å². The first-order valence-corrected chi connectivity index (χ1v) is 18.6. The maximum absolute atomic E-state index is 11.1. The molecule has 4 fully saturated rings. The molecule has 0 amide bonds. The Kier molecular flexibility index (Phi) is 13.8. The Morgan fingerprint density at radius 2 is 0.717 bits per heavy atom. The fraction of sp³-hybridized carbons (Fsp3) is 1.00. The minimum Gasteiger partial charge on any atom is -0.392 e. The molecule has 9 nitrogen and oxygen atoms in total. The molecule has 4 rings (SSSR count). The zero-order valence-corrected chi connectivity index (χ0v) is 31.1. The van der Waals surface area contributed by atoms with Crippen LogP contribution in [-0.2, 0) is 37.9 Å². The fourth-order valence-corrected chi connectivity index (χ4v) is 8.52. The normalized spacial score (nSPS) is 52.0. The highest BCUT2D eigenvalue weighted by Gasteiger charge is 2.52. The molecule has 0 spiro atoms. The Morgan fingerprint density at radius 1 is 0.413 bits per heavy atom. The van der Waals surface area contributed by atoms with E-state index >= 15 is 0 Å². The van der Waals surface area contributed by atoms with Crippen LogP contribution in [0.1, 0.15) is 109 Å². The molecule has 0 bridgehead atoms. The number of aliphatic hydroxyl groups excluding tert-OH is 1. The molecule has 8 unspecified atom stereocenters. The van der Waals surface area contributed by atoms with Gasteiger partial charge in [-0.05, 0) is 61.2 Å². The fourth-order valence-electron chi connectivity index (χ4n) is 8.52. The van der Waals surface area contributed by atoms with Gasteiger partial charge in [-0.3, -0.25) is 0 Å². The number of aliphatic hydroxyl groups is 1. The minimum atomic E-state index is -0.655. The Bertz CT molecular complexity index is 917. The van der Waals surface area contributed by atoms with E-state index in [0.29, 0.717) is 5.92 Å². The standard InChI is InChI=1S/C37H68O9/c1-14-26-18(5)21(8)31(35(39-13)41-26)45-37-33(23(10)20(7)28(16-3)43-37)46-36-32(22(9)19(6)27(15-2)42-36)44-34-25(12)30(38)24(11)29(17-4)40-34/h18-38H,14-17H2,1-13H3/t18-,19-,20-,21-,22-,23-,24+,25?,26?,27?,28?,29?,30-,31?,32?,33?,34+,35-,36+,37+/m0/s1. The van der Waals surface area contributed by atoms with Gasteiger partial charge in [-0.1, -0.05) is 83.1 Å². The van der Waals surface area contributed by atoms with Gasteiger partial charge in [0.1, 0.15) is 18.3 Å². The molecule has 4 aliphatic rings. The summed E-state index contributed by atoms with van der Waals surface area (Å²) in [6.45, 7) is 26.0. The SMILES string of the molecule is CCC1O[C@H](OC2[C@@H](OC)OC(CC)[C@@H](C)[C@@H]2C)C(O[C@H]2OC(CC)[C@@H](C)[C@H](C)C2O[C@H]2OC(CC)[C@@H](C)[C@H](O)C2C)[C@@H](C)[C@@H]1C. The third-order valence-electron chi connectivity index (χ3n) is 12.7. The second kappa shape index (κ2) is 16.6. The summed E-state index contributed by atoms with van der Waals surface area (Å²) >= 11 is 0. The van der Waals surface area contributed by atoms with Crippen LogP contribution < -0.4 is 0 Å². The van der Waals surface area contributed by atoms with E-state index in [1.807, 2.05) is 6.92 Å². The molecule has 20 atom stereocenters. The van der Waals surface area contributed by atoms with Crippen molar-refractivity contribution in [3.05, 3.63) is 0 Å². The van der Waals surface area contributed by atoms with Crippen LogP contribution in [0.5, 0.6) is 0 Å². The second-order valence-corrected chi connectivity index (χ2v) is 15.2. The summed E-state index contributed by atoms with van der Waals surface area (Å²) in [5, 5.41) is 11.1. The molecule has 0 radical (unpaired) electrons. The summed E-state index contributed by atoms with van der Waals surface area (Å²) in [6, 6.07) is 0. The zero-order valence-electron chi connectivity index (χ0n) is 31.1. The average molecular weight is 657 g/mol. The molecule has 270 valence electrons. The molecule has 9 heteroatoms. The van der Waals surface area contributed by atoms with Crippen molar-refractivity contribution in [3.63, 3.8) is 0 Å². The Balaban J connectivity index is 1.63. The van der Waals surface area contributed by atoms with Crippen molar-refractivity contribution in [1.29, 1.82) is 0 Å². The molecule has 46 heavy (non-hydrogen) atoms. The Morgan fingerprint density at radius 3 is 1.09 bits per heavy atom. The van der Waals surface area contributed by atoms with Gasteiger partial charge in [0.25, 0.3) is 0 Å². The molecule has 4 heterocycles. The van der Waals surface area contributed by atoms with Gasteiger partial charge >= 0.3 is 0 Å². The van der Waals surface area contributed by atoms with Crippen molar-refractivity contribution in [2.24, 2.45) is 47.3 Å². The molecule has 0 aromatic rings. The van der Waals surface area contributed by atoms with Crippen LogP contribution in [-0.4, -0.2) is 86.2 Å². The lowest BCUT2D eigenvalue weighted by Crippen LogP contribution is -2.61. The Labute approximate surface area is 280 Å². The highest BCUT2D eigenvalue weighted by atomic mass is 16.8. The summed E-state index contributed by atoms with van der Waals surface area (Å²) < 4.78 is 53.1. The molecule has 1 N–H and O–H groups in total. The smallest absolute Gasteiger partial charge is 0.185 e. The molecular weight excluding hydrogens is 588 g/mol. The first-order valence-electron chi connectivity index (χ1n) is 18.6. The van der Waals surface area contributed by atoms with E-state index in [-0.39, 0.29) is 71.9 Å². The summed E-state index contributed by atoms with van der Waals surface area (Å²) in [7, 11) is 1.69. The lowest BCUT2D eigenvalue weighted by Gasteiger charge is -2.52. The van der Waals surface area contributed by atoms with Crippen molar-refractivity contribution in [3.8, 4) is 0 Å². The molecule has 4 saturated heterocycles. The van der Waals surface area contributed by atoms with Gasteiger partial charge in [0, 0.05) is 18.9 Å². The van der Waals surface area contributed by atoms with Crippen LogP contribution in [0.3, 0.4) is 0 Å². The van der Waals surface area contributed by atoms with Gasteiger partial charge in [0.15, 0.2) is 25.2 Å². The first-order chi connectivity index (χ1) is 21.8. The molecular formula is C37H68O9. The van der Waals surface area contributed by atoms with Crippen molar-refractivity contribution >= 4 is 0 Å². The molecule has 4 aliphatic heterocycles.